The summed E-state index contributed by atoms with van der Waals surface area (Å²) in [6.45, 7) is 10.2. The molecule has 0 atom stereocenters. The van der Waals surface area contributed by atoms with E-state index in [2.05, 4.69) is 12.2 Å². The zero-order valence-corrected chi connectivity index (χ0v) is 14.2. The molecule has 0 radical (unpaired) electrons. The summed E-state index contributed by atoms with van der Waals surface area (Å²) in [5, 5.41) is 3.43. The largest absolute Gasteiger partial charge is 0.316 e. The second-order valence-corrected chi connectivity index (χ2v) is 8.26. The first-order valence-electron chi connectivity index (χ1n) is 7.80. The Labute approximate surface area is 124 Å². The van der Waals surface area contributed by atoms with Crippen LogP contribution in [-0.4, -0.2) is 56.8 Å². The Morgan fingerprint density at radius 1 is 1.30 bits per heavy atom. The SMILES string of the molecule is CCCNCC1CCN(S(=O)(=O)N(C)CC(C)C)CC1. The summed E-state index contributed by atoms with van der Waals surface area (Å²) in [5.41, 5.74) is 0. The lowest BCUT2D eigenvalue weighted by atomic mass is 9.98. The maximum atomic E-state index is 12.4. The number of nitrogens with zero attached hydrogens (tertiary/aromatic N) is 2. The molecule has 0 spiro atoms. The van der Waals surface area contributed by atoms with Crippen molar-refractivity contribution in [1.82, 2.24) is 13.9 Å². The summed E-state index contributed by atoms with van der Waals surface area (Å²) in [6.07, 6.45) is 3.07. The van der Waals surface area contributed by atoms with E-state index < -0.39 is 10.2 Å². The lowest BCUT2D eigenvalue weighted by Gasteiger charge is -2.34. The third kappa shape index (κ3) is 5.31. The first-order valence-corrected chi connectivity index (χ1v) is 9.19. The van der Waals surface area contributed by atoms with Crippen LogP contribution in [0.25, 0.3) is 0 Å². The molecule has 0 unspecified atom stereocenters. The smallest absolute Gasteiger partial charge is 0.281 e. The van der Waals surface area contributed by atoms with E-state index in [4.69, 9.17) is 0 Å². The average Bonchev–Trinajstić information content (AvgIpc) is 2.39. The minimum Gasteiger partial charge on any atom is -0.316 e. The van der Waals surface area contributed by atoms with Gasteiger partial charge in [0.15, 0.2) is 0 Å². The van der Waals surface area contributed by atoms with Crippen molar-refractivity contribution in [1.29, 1.82) is 0 Å². The minimum atomic E-state index is -3.26. The van der Waals surface area contributed by atoms with Crippen molar-refractivity contribution in [3.63, 3.8) is 0 Å². The third-order valence-electron chi connectivity index (χ3n) is 3.78. The van der Waals surface area contributed by atoms with E-state index in [1.54, 1.807) is 11.4 Å². The lowest BCUT2D eigenvalue weighted by molar-refractivity contribution is 0.251. The highest BCUT2D eigenvalue weighted by Crippen LogP contribution is 2.20. The van der Waals surface area contributed by atoms with Gasteiger partial charge in [-0.1, -0.05) is 20.8 Å². The highest BCUT2D eigenvalue weighted by atomic mass is 32.2. The van der Waals surface area contributed by atoms with Gasteiger partial charge in [-0.3, -0.25) is 0 Å². The molecule has 0 aliphatic carbocycles. The zero-order chi connectivity index (χ0) is 15.2. The van der Waals surface area contributed by atoms with Crippen LogP contribution in [0.15, 0.2) is 0 Å². The molecule has 1 fully saturated rings. The summed E-state index contributed by atoms with van der Waals surface area (Å²) < 4.78 is 28.0. The van der Waals surface area contributed by atoms with Crippen molar-refractivity contribution in [2.75, 3.05) is 39.8 Å². The molecular formula is C14H31N3O2S. The molecule has 1 aliphatic rings. The van der Waals surface area contributed by atoms with Gasteiger partial charge in [-0.25, -0.2) is 0 Å². The topological polar surface area (TPSA) is 52.7 Å². The van der Waals surface area contributed by atoms with Crippen LogP contribution in [0.4, 0.5) is 0 Å². The van der Waals surface area contributed by atoms with Crippen LogP contribution in [0.1, 0.15) is 40.0 Å². The maximum Gasteiger partial charge on any atom is 0.281 e. The molecule has 1 saturated heterocycles. The summed E-state index contributed by atoms with van der Waals surface area (Å²) in [7, 11) is -1.57. The van der Waals surface area contributed by atoms with E-state index in [-0.39, 0.29) is 0 Å². The standard InChI is InChI=1S/C14H31N3O2S/c1-5-8-15-11-14-6-9-17(10-7-14)20(18,19)16(4)12-13(2)3/h13-15H,5-12H2,1-4H3. The number of hydrogen-bond acceptors (Lipinski definition) is 3. The van der Waals surface area contributed by atoms with Crippen LogP contribution in [0, 0.1) is 11.8 Å². The van der Waals surface area contributed by atoms with Crippen molar-refractivity contribution >= 4 is 10.2 Å². The first-order chi connectivity index (χ1) is 9.37. The minimum absolute atomic E-state index is 0.352. The summed E-state index contributed by atoms with van der Waals surface area (Å²) in [5.74, 6) is 0.967. The van der Waals surface area contributed by atoms with Crippen LogP contribution < -0.4 is 5.32 Å². The van der Waals surface area contributed by atoms with Gasteiger partial charge >= 0.3 is 0 Å². The van der Waals surface area contributed by atoms with E-state index in [9.17, 15) is 8.42 Å². The van der Waals surface area contributed by atoms with Gasteiger partial charge in [-0.2, -0.15) is 17.0 Å². The van der Waals surface area contributed by atoms with Crippen molar-refractivity contribution in [3.8, 4) is 0 Å². The van der Waals surface area contributed by atoms with Gasteiger partial charge < -0.3 is 5.32 Å². The second kappa shape index (κ2) is 8.32. The van der Waals surface area contributed by atoms with Crippen molar-refractivity contribution in [2.24, 2.45) is 11.8 Å². The van der Waals surface area contributed by atoms with Gasteiger partial charge in [0.25, 0.3) is 10.2 Å². The fourth-order valence-corrected chi connectivity index (χ4v) is 4.19. The van der Waals surface area contributed by atoms with E-state index in [1.165, 1.54) is 4.31 Å². The molecule has 6 heteroatoms. The molecule has 5 nitrogen and oxygen atoms in total. The predicted molar refractivity (Wildman–Crippen MR) is 83.8 cm³/mol. The average molecular weight is 305 g/mol. The molecule has 1 aliphatic heterocycles. The van der Waals surface area contributed by atoms with Gasteiger partial charge in [-0.05, 0) is 44.2 Å². The molecule has 1 heterocycles. The summed E-state index contributed by atoms with van der Waals surface area (Å²) in [4.78, 5) is 0. The molecule has 0 bridgehead atoms. The Hall–Kier alpha value is -0.170. The fourth-order valence-electron chi connectivity index (χ4n) is 2.63. The Morgan fingerprint density at radius 3 is 2.40 bits per heavy atom. The highest BCUT2D eigenvalue weighted by Gasteiger charge is 2.30. The van der Waals surface area contributed by atoms with E-state index in [0.29, 0.717) is 31.5 Å². The van der Waals surface area contributed by atoms with Crippen molar-refractivity contribution in [3.05, 3.63) is 0 Å². The van der Waals surface area contributed by atoms with Crippen LogP contribution in [0.5, 0.6) is 0 Å². The molecule has 0 aromatic rings. The lowest BCUT2D eigenvalue weighted by Crippen LogP contribution is -2.47. The molecule has 0 saturated carbocycles. The predicted octanol–water partition coefficient (Wildman–Crippen LogP) is 1.53. The van der Waals surface area contributed by atoms with E-state index in [1.807, 2.05) is 13.8 Å². The second-order valence-electron chi connectivity index (χ2n) is 6.23. The van der Waals surface area contributed by atoms with Crippen LogP contribution in [0.2, 0.25) is 0 Å². The molecule has 20 heavy (non-hydrogen) atoms. The summed E-state index contributed by atoms with van der Waals surface area (Å²) >= 11 is 0. The van der Waals surface area contributed by atoms with Crippen LogP contribution in [-0.2, 0) is 10.2 Å². The summed E-state index contributed by atoms with van der Waals surface area (Å²) in [6, 6.07) is 0. The van der Waals surface area contributed by atoms with E-state index in [0.717, 1.165) is 32.4 Å². The third-order valence-corrected chi connectivity index (χ3v) is 5.73. The number of nitrogens with one attached hydrogen (secondary N) is 1. The van der Waals surface area contributed by atoms with Gasteiger partial charge in [0.2, 0.25) is 0 Å². The van der Waals surface area contributed by atoms with Crippen LogP contribution in [0.3, 0.4) is 0 Å². The Morgan fingerprint density at radius 2 is 1.90 bits per heavy atom. The molecule has 120 valence electrons. The number of rotatable bonds is 8. The van der Waals surface area contributed by atoms with Gasteiger partial charge in [-0.15, -0.1) is 0 Å². The van der Waals surface area contributed by atoms with Crippen molar-refractivity contribution in [2.45, 2.75) is 40.0 Å². The normalized spacial score (nSPS) is 19.1. The number of piperidine rings is 1. The van der Waals surface area contributed by atoms with Crippen LogP contribution >= 0.6 is 0 Å². The molecule has 1 rings (SSSR count). The first kappa shape index (κ1) is 17.9. The zero-order valence-electron chi connectivity index (χ0n) is 13.4. The van der Waals surface area contributed by atoms with Gasteiger partial charge in [0.05, 0.1) is 0 Å². The molecule has 0 amide bonds. The van der Waals surface area contributed by atoms with Gasteiger partial charge in [0, 0.05) is 26.7 Å². The molecular weight excluding hydrogens is 274 g/mol. The quantitative estimate of drug-likeness (QED) is 0.692. The highest BCUT2D eigenvalue weighted by molar-refractivity contribution is 7.86. The Bertz CT molecular complexity index is 363. The Kier molecular flexibility index (Phi) is 7.43. The molecule has 0 aromatic carbocycles. The van der Waals surface area contributed by atoms with Crippen molar-refractivity contribution < 1.29 is 8.42 Å². The Balaban J connectivity index is 2.43. The maximum absolute atomic E-state index is 12.4. The monoisotopic (exact) mass is 305 g/mol. The van der Waals surface area contributed by atoms with Gasteiger partial charge in [0.1, 0.15) is 0 Å². The fraction of sp³-hybridized carbons (Fsp3) is 1.00. The van der Waals surface area contributed by atoms with E-state index >= 15 is 0 Å². The molecule has 1 N–H and O–H groups in total. The number of hydrogen-bond donors (Lipinski definition) is 1. The molecule has 0 aromatic heterocycles.